The second kappa shape index (κ2) is 6.24. The molecular formula is C17H12BrClFN5. The third-order valence-electron chi connectivity index (χ3n) is 3.99. The van der Waals surface area contributed by atoms with E-state index in [0.717, 1.165) is 15.5 Å². The average Bonchev–Trinajstić information content (AvgIpc) is 3.03. The summed E-state index contributed by atoms with van der Waals surface area (Å²) in [5.41, 5.74) is 1.67. The maximum atomic E-state index is 13.3. The molecule has 0 unspecified atom stereocenters. The highest BCUT2D eigenvalue weighted by Crippen LogP contribution is 2.32. The Morgan fingerprint density at radius 3 is 2.80 bits per heavy atom. The first-order valence-electron chi connectivity index (χ1n) is 7.47. The predicted molar refractivity (Wildman–Crippen MR) is 100 cm³/mol. The van der Waals surface area contributed by atoms with Gasteiger partial charge >= 0.3 is 0 Å². The first-order valence-corrected chi connectivity index (χ1v) is 8.64. The molecular weight excluding hydrogens is 409 g/mol. The van der Waals surface area contributed by atoms with Crippen LogP contribution in [0.4, 0.5) is 15.9 Å². The summed E-state index contributed by atoms with van der Waals surface area (Å²) in [5, 5.41) is 9.27. The molecule has 0 saturated heterocycles. The van der Waals surface area contributed by atoms with Crippen LogP contribution in [-0.4, -0.2) is 26.6 Å². The van der Waals surface area contributed by atoms with Crippen LogP contribution in [0.1, 0.15) is 5.82 Å². The first kappa shape index (κ1) is 16.2. The van der Waals surface area contributed by atoms with E-state index in [1.807, 2.05) is 42.3 Å². The van der Waals surface area contributed by atoms with Gasteiger partial charge in [0.2, 0.25) is 0 Å². The lowest BCUT2D eigenvalue weighted by atomic mass is 10.2. The van der Waals surface area contributed by atoms with Crippen molar-refractivity contribution in [1.82, 2.24) is 19.6 Å². The Bertz CT molecular complexity index is 1100. The second-order valence-corrected chi connectivity index (χ2v) is 6.87. The SMILES string of the molecule is CN(c1cccc(Br)c1)c1nc2nnc(CF)n2c2cc(Cl)ccc12. The molecule has 0 saturated carbocycles. The molecule has 0 aliphatic carbocycles. The fraction of sp³-hybridized carbons (Fsp3) is 0.118. The van der Waals surface area contributed by atoms with Gasteiger partial charge < -0.3 is 4.90 Å². The molecule has 0 N–H and O–H groups in total. The summed E-state index contributed by atoms with van der Waals surface area (Å²) in [5.74, 6) is 1.22. The largest absolute Gasteiger partial charge is 0.329 e. The molecule has 0 fully saturated rings. The lowest BCUT2D eigenvalue weighted by Crippen LogP contribution is -2.13. The standard InChI is InChI=1S/C17H12BrClFN5/c1-24(12-4-2-3-10(18)7-12)16-13-6-5-11(19)8-14(13)25-15(9-20)22-23-17(25)21-16/h2-8H,9H2,1H3. The van der Waals surface area contributed by atoms with Gasteiger partial charge in [-0.3, -0.25) is 4.40 Å². The van der Waals surface area contributed by atoms with E-state index in [2.05, 4.69) is 31.1 Å². The Kier molecular flexibility index (Phi) is 4.05. The number of hydrogen-bond acceptors (Lipinski definition) is 4. The quantitative estimate of drug-likeness (QED) is 0.471. The van der Waals surface area contributed by atoms with Gasteiger partial charge in [0.25, 0.3) is 5.78 Å². The summed E-state index contributed by atoms with van der Waals surface area (Å²) in [4.78, 5) is 6.55. The van der Waals surface area contributed by atoms with Gasteiger partial charge in [0.15, 0.2) is 5.82 Å². The van der Waals surface area contributed by atoms with Crippen molar-refractivity contribution >= 4 is 55.7 Å². The van der Waals surface area contributed by atoms with Crippen molar-refractivity contribution in [2.45, 2.75) is 6.67 Å². The van der Waals surface area contributed by atoms with Crippen LogP contribution in [-0.2, 0) is 6.67 Å². The summed E-state index contributed by atoms with van der Waals surface area (Å²) < 4.78 is 15.8. The molecule has 2 heterocycles. The van der Waals surface area contributed by atoms with E-state index < -0.39 is 6.67 Å². The topological polar surface area (TPSA) is 46.3 Å². The van der Waals surface area contributed by atoms with Gasteiger partial charge in [0, 0.05) is 27.6 Å². The third-order valence-corrected chi connectivity index (χ3v) is 4.72. The van der Waals surface area contributed by atoms with E-state index in [0.29, 0.717) is 22.1 Å². The minimum absolute atomic E-state index is 0.200. The van der Waals surface area contributed by atoms with Gasteiger partial charge in [-0.1, -0.05) is 33.6 Å². The van der Waals surface area contributed by atoms with Crippen LogP contribution in [0.25, 0.3) is 16.7 Å². The molecule has 8 heteroatoms. The zero-order valence-electron chi connectivity index (χ0n) is 13.1. The second-order valence-electron chi connectivity index (χ2n) is 5.52. The van der Waals surface area contributed by atoms with Crippen molar-refractivity contribution in [3.63, 3.8) is 0 Å². The molecule has 4 aromatic rings. The van der Waals surface area contributed by atoms with Crippen molar-refractivity contribution < 1.29 is 4.39 Å². The van der Waals surface area contributed by atoms with E-state index in [4.69, 9.17) is 11.6 Å². The van der Waals surface area contributed by atoms with Crippen molar-refractivity contribution in [3.8, 4) is 0 Å². The Morgan fingerprint density at radius 1 is 1.20 bits per heavy atom. The molecule has 4 rings (SSSR count). The molecule has 0 spiro atoms. The maximum Gasteiger partial charge on any atom is 0.257 e. The van der Waals surface area contributed by atoms with Gasteiger partial charge in [-0.2, -0.15) is 4.98 Å². The highest BCUT2D eigenvalue weighted by molar-refractivity contribution is 9.10. The van der Waals surface area contributed by atoms with Gasteiger partial charge in [0.05, 0.1) is 5.52 Å². The fourth-order valence-corrected chi connectivity index (χ4v) is 3.36. The van der Waals surface area contributed by atoms with Crippen LogP contribution in [0.2, 0.25) is 5.02 Å². The Morgan fingerprint density at radius 2 is 2.04 bits per heavy atom. The molecule has 2 aromatic heterocycles. The summed E-state index contributed by atoms with van der Waals surface area (Å²) in [6.07, 6.45) is 0. The minimum atomic E-state index is -0.731. The molecule has 0 amide bonds. The number of anilines is 2. The van der Waals surface area contributed by atoms with Crippen LogP contribution >= 0.6 is 27.5 Å². The minimum Gasteiger partial charge on any atom is -0.329 e. The van der Waals surface area contributed by atoms with Crippen molar-refractivity contribution in [1.29, 1.82) is 0 Å². The lowest BCUT2D eigenvalue weighted by molar-refractivity contribution is 0.463. The molecule has 126 valence electrons. The van der Waals surface area contributed by atoms with Crippen LogP contribution in [0.5, 0.6) is 0 Å². The Balaban J connectivity index is 2.03. The van der Waals surface area contributed by atoms with Crippen molar-refractivity contribution in [2.75, 3.05) is 11.9 Å². The smallest absolute Gasteiger partial charge is 0.257 e. The number of alkyl halides is 1. The normalized spacial score (nSPS) is 11.4. The van der Waals surface area contributed by atoms with E-state index in [1.54, 1.807) is 16.5 Å². The average molecular weight is 421 g/mol. The molecule has 0 atom stereocenters. The fourth-order valence-electron chi connectivity index (χ4n) is 2.81. The molecule has 0 aliphatic heterocycles. The summed E-state index contributed by atoms with van der Waals surface area (Å²) in [6.45, 7) is -0.731. The zero-order chi connectivity index (χ0) is 17.6. The molecule has 0 radical (unpaired) electrons. The summed E-state index contributed by atoms with van der Waals surface area (Å²) in [7, 11) is 1.92. The number of fused-ring (bicyclic) bond motifs is 3. The number of halogens is 3. The van der Waals surface area contributed by atoms with E-state index in [1.165, 1.54) is 0 Å². The Labute approximate surface area is 156 Å². The van der Waals surface area contributed by atoms with Crippen molar-refractivity contribution in [3.05, 3.63) is 57.8 Å². The molecule has 2 aromatic carbocycles. The molecule has 0 bridgehead atoms. The van der Waals surface area contributed by atoms with Crippen LogP contribution in [0.15, 0.2) is 46.9 Å². The first-order chi connectivity index (χ1) is 12.1. The van der Waals surface area contributed by atoms with Gasteiger partial charge in [-0.25, -0.2) is 4.39 Å². The highest BCUT2D eigenvalue weighted by Gasteiger charge is 2.17. The summed E-state index contributed by atoms with van der Waals surface area (Å²) >= 11 is 9.65. The van der Waals surface area contributed by atoms with Crippen molar-refractivity contribution in [2.24, 2.45) is 0 Å². The van der Waals surface area contributed by atoms with Crippen LogP contribution in [0.3, 0.4) is 0 Å². The number of hydrogen-bond donors (Lipinski definition) is 0. The van der Waals surface area contributed by atoms with Crippen LogP contribution < -0.4 is 4.90 Å². The van der Waals surface area contributed by atoms with E-state index >= 15 is 0 Å². The van der Waals surface area contributed by atoms with Crippen LogP contribution in [0, 0.1) is 0 Å². The van der Waals surface area contributed by atoms with Gasteiger partial charge in [-0.15, -0.1) is 10.2 Å². The van der Waals surface area contributed by atoms with E-state index in [-0.39, 0.29) is 5.82 Å². The Hall–Kier alpha value is -2.25. The number of aromatic nitrogens is 4. The molecule has 25 heavy (non-hydrogen) atoms. The van der Waals surface area contributed by atoms with Gasteiger partial charge in [0.1, 0.15) is 12.5 Å². The third kappa shape index (κ3) is 2.73. The lowest BCUT2D eigenvalue weighted by Gasteiger charge is -2.21. The highest BCUT2D eigenvalue weighted by atomic mass is 79.9. The maximum absolute atomic E-state index is 13.3. The summed E-state index contributed by atoms with van der Waals surface area (Å²) in [6, 6.07) is 13.3. The van der Waals surface area contributed by atoms with E-state index in [9.17, 15) is 4.39 Å². The molecule has 5 nitrogen and oxygen atoms in total. The molecule has 0 aliphatic rings. The number of rotatable bonds is 3. The monoisotopic (exact) mass is 419 g/mol. The predicted octanol–water partition coefficient (Wildman–Crippen LogP) is 4.93. The van der Waals surface area contributed by atoms with Gasteiger partial charge in [-0.05, 0) is 36.4 Å². The number of benzene rings is 2. The number of nitrogens with zero attached hydrogens (tertiary/aromatic N) is 5. The zero-order valence-corrected chi connectivity index (χ0v) is 15.5.